The van der Waals surface area contributed by atoms with Crippen LogP contribution in [0.15, 0.2) is 24.3 Å². The topological polar surface area (TPSA) is 49.4 Å². The van der Waals surface area contributed by atoms with Crippen molar-refractivity contribution >= 4 is 10.0 Å². The maximum Gasteiger partial charge on any atom is 0.219 e. The molecular formula is C15H22N2O2S. The predicted molar refractivity (Wildman–Crippen MR) is 82.5 cm³/mol. The monoisotopic (exact) mass is 294 g/mol. The van der Waals surface area contributed by atoms with E-state index < -0.39 is 10.0 Å². The lowest BCUT2D eigenvalue weighted by Crippen LogP contribution is -2.32. The first kappa shape index (κ1) is 16.7. The van der Waals surface area contributed by atoms with Crippen LogP contribution in [0.25, 0.3) is 0 Å². The minimum absolute atomic E-state index is 0.00991. The number of sulfonamides is 1. The highest BCUT2D eigenvalue weighted by Gasteiger charge is 2.19. The van der Waals surface area contributed by atoms with Crippen molar-refractivity contribution in [2.45, 2.75) is 26.1 Å². The number of nitrogens with zero attached hydrogens (tertiary/aromatic N) is 1. The van der Waals surface area contributed by atoms with Crippen molar-refractivity contribution in [3.8, 4) is 12.3 Å². The average molecular weight is 294 g/mol. The summed E-state index contributed by atoms with van der Waals surface area (Å²) in [7, 11) is -3.34. The van der Waals surface area contributed by atoms with Gasteiger partial charge in [0.2, 0.25) is 10.0 Å². The minimum Gasteiger partial charge on any atom is -0.313 e. The molecule has 0 atom stereocenters. The molecule has 0 aliphatic carbocycles. The maximum absolute atomic E-state index is 12.2. The summed E-state index contributed by atoms with van der Waals surface area (Å²) in [4.78, 5) is 0. The first-order chi connectivity index (χ1) is 9.53. The molecule has 0 aliphatic rings. The summed E-state index contributed by atoms with van der Waals surface area (Å²) in [6.45, 7) is 6.05. The van der Waals surface area contributed by atoms with Gasteiger partial charge in [-0.1, -0.05) is 44.0 Å². The molecule has 0 spiro atoms. The Balaban J connectivity index is 2.75. The number of hydrogen-bond donors (Lipinski definition) is 1. The average Bonchev–Trinajstić information content (AvgIpc) is 2.43. The summed E-state index contributed by atoms with van der Waals surface area (Å²) in [5, 5.41) is 3.23. The van der Waals surface area contributed by atoms with Crippen molar-refractivity contribution in [3.63, 3.8) is 0 Å². The van der Waals surface area contributed by atoms with Gasteiger partial charge in [0, 0.05) is 13.1 Å². The normalized spacial score (nSPS) is 11.5. The van der Waals surface area contributed by atoms with E-state index >= 15 is 0 Å². The van der Waals surface area contributed by atoms with Crippen LogP contribution in [-0.2, 0) is 22.3 Å². The van der Waals surface area contributed by atoms with Gasteiger partial charge in [-0.25, -0.2) is 8.42 Å². The van der Waals surface area contributed by atoms with E-state index in [4.69, 9.17) is 6.42 Å². The first-order valence-corrected chi connectivity index (χ1v) is 8.34. The molecule has 0 saturated heterocycles. The summed E-state index contributed by atoms with van der Waals surface area (Å²) in [6, 6.07) is 7.61. The van der Waals surface area contributed by atoms with E-state index in [-0.39, 0.29) is 12.3 Å². The summed E-state index contributed by atoms with van der Waals surface area (Å²) in [6.07, 6.45) is 5.20. The summed E-state index contributed by atoms with van der Waals surface area (Å²) >= 11 is 0. The fraction of sp³-hybridized carbons (Fsp3) is 0.467. The van der Waals surface area contributed by atoms with Gasteiger partial charge in [0.05, 0.1) is 12.3 Å². The third kappa shape index (κ3) is 4.97. The highest BCUT2D eigenvalue weighted by atomic mass is 32.2. The maximum atomic E-state index is 12.2. The molecule has 0 heterocycles. The number of nitrogens with one attached hydrogen (secondary N) is 1. The molecule has 1 aromatic rings. The molecule has 1 aromatic carbocycles. The number of hydrogen-bond acceptors (Lipinski definition) is 3. The molecular weight excluding hydrogens is 272 g/mol. The molecule has 0 bridgehead atoms. The molecule has 1 N–H and O–H groups in total. The van der Waals surface area contributed by atoms with Crippen molar-refractivity contribution in [2.75, 3.05) is 19.6 Å². The van der Waals surface area contributed by atoms with Gasteiger partial charge in [0.1, 0.15) is 0 Å². The Morgan fingerprint density at radius 3 is 2.30 bits per heavy atom. The molecule has 0 radical (unpaired) electrons. The summed E-state index contributed by atoms with van der Waals surface area (Å²) in [5.41, 5.74) is 1.92. The quantitative estimate of drug-likeness (QED) is 0.741. The first-order valence-electron chi connectivity index (χ1n) is 6.73. The van der Waals surface area contributed by atoms with Gasteiger partial charge in [-0.15, -0.1) is 6.42 Å². The van der Waals surface area contributed by atoms with Crippen LogP contribution in [0, 0.1) is 12.3 Å². The fourth-order valence-corrected chi connectivity index (χ4v) is 3.29. The van der Waals surface area contributed by atoms with Crippen molar-refractivity contribution in [1.29, 1.82) is 0 Å². The molecule has 5 heteroatoms. The summed E-state index contributed by atoms with van der Waals surface area (Å²) < 4.78 is 25.7. The second-order valence-corrected chi connectivity index (χ2v) is 6.45. The number of terminal acetylenes is 1. The zero-order chi connectivity index (χ0) is 15.0. The van der Waals surface area contributed by atoms with Gasteiger partial charge in [0.25, 0.3) is 0 Å². The van der Waals surface area contributed by atoms with Gasteiger partial charge in [0.15, 0.2) is 0 Å². The Hall–Kier alpha value is -1.35. The van der Waals surface area contributed by atoms with Crippen LogP contribution in [-0.4, -0.2) is 32.4 Å². The van der Waals surface area contributed by atoms with E-state index in [2.05, 4.69) is 11.2 Å². The highest BCUT2D eigenvalue weighted by Crippen LogP contribution is 2.12. The predicted octanol–water partition coefficient (Wildman–Crippen LogP) is 1.58. The van der Waals surface area contributed by atoms with E-state index in [0.717, 1.165) is 24.2 Å². The lowest BCUT2D eigenvalue weighted by molar-refractivity contribution is 0.463. The Bertz CT molecular complexity index is 544. The van der Waals surface area contributed by atoms with E-state index in [1.54, 1.807) is 6.92 Å². The Morgan fingerprint density at radius 2 is 1.80 bits per heavy atom. The third-order valence-electron chi connectivity index (χ3n) is 2.96. The lowest BCUT2D eigenvalue weighted by atomic mass is 10.1. The Labute approximate surface area is 122 Å². The van der Waals surface area contributed by atoms with Crippen LogP contribution < -0.4 is 5.32 Å². The summed E-state index contributed by atoms with van der Waals surface area (Å²) in [5.74, 6) is 2.37. The molecule has 0 saturated carbocycles. The zero-order valence-electron chi connectivity index (χ0n) is 12.1. The second-order valence-electron chi connectivity index (χ2n) is 4.48. The van der Waals surface area contributed by atoms with Crippen molar-refractivity contribution in [1.82, 2.24) is 9.62 Å². The van der Waals surface area contributed by atoms with Crippen molar-refractivity contribution < 1.29 is 8.42 Å². The number of rotatable bonds is 8. The third-order valence-corrected chi connectivity index (χ3v) is 4.84. The molecule has 0 amide bonds. The minimum atomic E-state index is -3.34. The molecule has 0 aromatic heterocycles. The number of benzene rings is 1. The van der Waals surface area contributed by atoms with Crippen molar-refractivity contribution in [2.24, 2.45) is 0 Å². The van der Waals surface area contributed by atoms with E-state index in [1.165, 1.54) is 4.31 Å². The molecule has 110 valence electrons. The van der Waals surface area contributed by atoms with Crippen LogP contribution in [0.2, 0.25) is 0 Å². The SMILES string of the molecule is C#CCN(CC)S(=O)(=O)Cc1ccc(CNCC)cc1. The molecule has 1 rings (SSSR count). The van der Waals surface area contributed by atoms with Crippen LogP contribution in [0.5, 0.6) is 0 Å². The van der Waals surface area contributed by atoms with E-state index in [0.29, 0.717) is 6.54 Å². The molecule has 0 unspecified atom stereocenters. The van der Waals surface area contributed by atoms with Crippen LogP contribution in [0.4, 0.5) is 0 Å². The standard InChI is InChI=1S/C15H22N2O2S/c1-4-11-17(6-3)20(18,19)13-15-9-7-14(8-10-15)12-16-5-2/h1,7-10,16H,5-6,11-13H2,2-3H3. The van der Waals surface area contributed by atoms with Crippen LogP contribution >= 0.6 is 0 Å². The van der Waals surface area contributed by atoms with Crippen LogP contribution in [0.1, 0.15) is 25.0 Å². The fourth-order valence-electron chi connectivity index (χ4n) is 1.83. The highest BCUT2D eigenvalue weighted by molar-refractivity contribution is 7.88. The Morgan fingerprint density at radius 1 is 1.20 bits per heavy atom. The van der Waals surface area contributed by atoms with Gasteiger partial charge in [-0.2, -0.15) is 4.31 Å². The smallest absolute Gasteiger partial charge is 0.219 e. The van der Waals surface area contributed by atoms with Crippen LogP contribution in [0.3, 0.4) is 0 Å². The molecule has 4 nitrogen and oxygen atoms in total. The molecule has 20 heavy (non-hydrogen) atoms. The zero-order valence-corrected chi connectivity index (χ0v) is 12.9. The lowest BCUT2D eigenvalue weighted by Gasteiger charge is -2.17. The van der Waals surface area contributed by atoms with Gasteiger partial charge < -0.3 is 5.32 Å². The Kier molecular flexibility index (Phi) is 6.73. The van der Waals surface area contributed by atoms with Crippen molar-refractivity contribution in [3.05, 3.63) is 35.4 Å². The van der Waals surface area contributed by atoms with Gasteiger partial charge in [-0.05, 0) is 17.7 Å². The van der Waals surface area contributed by atoms with E-state index in [9.17, 15) is 8.42 Å². The molecule has 0 fully saturated rings. The van der Waals surface area contributed by atoms with E-state index in [1.807, 2.05) is 31.2 Å². The van der Waals surface area contributed by atoms with Gasteiger partial charge >= 0.3 is 0 Å². The second kappa shape index (κ2) is 8.05. The largest absolute Gasteiger partial charge is 0.313 e. The van der Waals surface area contributed by atoms with Gasteiger partial charge in [-0.3, -0.25) is 0 Å². The molecule has 0 aliphatic heterocycles.